The number of halogens is 1. The Labute approximate surface area is 136 Å². The van der Waals surface area contributed by atoms with Crippen molar-refractivity contribution in [2.75, 3.05) is 6.54 Å². The summed E-state index contributed by atoms with van der Waals surface area (Å²) in [6.45, 7) is 3.06. The van der Waals surface area contributed by atoms with Gasteiger partial charge in [-0.05, 0) is 49.1 Å². The van der Waals surface area contributed by atoms with E-state index in [0.717, 1.165) is 5.56 Å². The molecule has 4 heteroatoms. The Bertz CT molecular complexity index is 662. The first-order valence-electron chi connectivity index (χ1n) is 7.97. The molecule has 0 aliphatic carbocycles. The summed E-state index contributed by atoms with van der Waals surface area (Å²) in [5.41, 5.74) is 1.39. The molecule has 0 amide bonds. The summed E-state index contributed by atoms with van der Waals surface area (Å²) in [6.07, 6.45) is 0.737. The van der Waals surface area contributed by atoms with Crippen LogP contribution in [-0.4, -0.2) is 23.4 Å². The van der Waals surface area contributed by atoms with E-state index in [2.05, 4.69) is 5.32 Å². The van der Waals surface area contributed by atoms with Crippen molar-refractivity contribution in [2.24, 2.45) is 0 Å². The zero-order valence-electron chi connectivity index (χ0n) is 13.3. The molecule has 0 unspecified atom stereocenters. The molecule has 3 rings (SSSR count). The maximum Gasteiger partial charge on any atom is 0.133 e. The van der Waals surface area contributed by atoms with Crippen molar-refractivity contribution in [2.45, 2.75) is 38.0 Å². The van der Waals surface area contributed by atoms with Gasteiger partial charge in [0.05, 0.1) is 0 Å². The van der Waals surface area contributed by atoms with Crippen LogP contribution in [0.3, 0.4) is 0 Å². The van der Waals surface area contributed by atoms with Crippen LogP contribution in [0.5, 0.6) is 5.75 Å². The first-order chi connectivity index (χ1) is 11.1. The Morgan fingerprint density at radius 3 is 2.83 bits per heavy atom. The average molecular weight is 315 g/mol. The SMILES string of the molecule is C[C@]1([C@H](O)CNCc2ccccc2)CCc2cc(F)ccc2O1. The van der Waals surface area contributed by atoms with Gasteiger partial charge in [-0.1, -0.05) is 30.3 Å². The van der Waals surface area contributed by atoms with Gasteiger partial charge in [0.25, 0.3) is 0 Å². The van der Waals surface area contributed by atoms with E-state index in [0.29, 0.717) is 31.7 Å². The van der Waals surface area contributed by atoms with E-state index in [9.17, 15) is 9.50 Å². The number of fused-ring (bicyclic) bond motifs is 1. The topological polar surface area (TPSA) is 41.5 Å². The van der Waals surface area contributed by atoms with Gasteiger partial charge in [-0.3, -0.25) is 0 Å². The van der Waals surface area contributed by atoms with Crippen LogP contribution in [0.2, 0.25) is 0 Å². The van der Waals surface area contributed by atoms with Gasteiger partial charge in [0.2, 0.25) is 0 Å². The van der Waals surface area contributed by atoms with Crippen molar-refractivity contribution >= 4 is 0 Å². The van der Waals surface area contributed by atoms with E-state index in [1.165, 1.54) is 17.7 Å². The van der Waals surface area contributed by atoms with Crippen LogP contribution in [-0.2, 0) is 13.0 Å². The zero-order valence-corrected chi connectivity index (χ0v) is 13.3. The highest BCUT2D eigenvalue weighted by Gasteiger charge is 2.38. The number of rotatable bonds is 5. The molecule has 2 N–H and O–H groups in total. The summed E-state index contributed by atoms with van der Waals surface area (Å²) >= 11 is 0. The maximum absolute atomic E-state index is 13.3. The Hall–Kier alpha value is -1.91. The predicted octanol–water partition coefficient (Wildman–Crippen LogP) is 3.06. The normalized spacial score (nSPS) is 21.3. The number of nitrogens with one attached hydrogen (secondary N) is 1. The van der Waals surface area contributed by atoms with Gasteiger partial charge in [-0.2, -0.15) is 0 Å². The van der Waals surface area contributed by atoms with Gasteiger partial charge in [-0.25, -0.2) is 4.39 Å². The lowest BCUT2D eigenvalue weighted by Gasteiger charge is -2.39. The van der Waals surface area contributed by atoms with Crippen LogP contribution in [0.1, 0.15) is 24.5 Å². The third-order valence-electron chi connectivity index (χ3n) is 4.47. The predicted molar refractivity (Wildman–Crippen MR) is 87.9 cm³/mol. The fraction of sp³-hybridized carbons (Fsp3) is 0.368. The minimum atomic E-state index is -0.658. The number of hydrogen-bond donors (Lipinski definition) is 2. The number of aliphatic hydroxyl groups excluding tert-OH is 1. The van der Waals surface area contributed by atoms with E-state index < -0.39 is 11.7 Å². The van der Waals surface area contributed by atoms with Crippen molar-refractivity contribution in [1.82, 2.24) is 5.32 Å². The monoisotopic (exact) mass is 315 g/mol. The van der Waals surface area contributed by atoms with E-state index in [-0.39, 0.29) is 5.82 Å². The second-order valence-corrected chi connectivity index (χ2v) is 6.30. The Balaban J connectivity index is 1.58. The molecule has 2 atom stereocenters. The molecule has 0 spiro atoms. The minimum Gasteiger partial charge on any atom is -0.485 e. The van der Waals surface area contributed by atoms with Crippen molar-refractivity contribution in [3.8, 4) is 5.75 Å². The lowest BCUT2D eigenvalue weighted by atomic mass is 9.88. The van der Waals surface area contributed by atoms with Crippen LogP contribution in [0, 0.1) is 5.82 Å². The first kappa shape index (κ1) is 16.0. The maximum atomic E-state index is 13.3. The average Bonchev–Trinajstić information content (AvgIpc) is 2.56. The van der Waals surface area contributed by atoms with Gasteiger partial charge in [0.15, 0.2) is 0 Å². The zero-order chi connectivity index (χ0) is 16.3. The highest BCUT2D eigenvalue weighted by molar-refractivity contribution is 5.36. The Morgan fingerprint density at radius 1 is 1.26 bits per heavy atom. The molecule has 0 fully saturated rings. The molecule has 3 nitrogen and oxygen atoms in total. The minimum absolute atomic E-state index is 0.249. The molecule has 1 aliphatic heterocycles. The van der Waals surface area contributed by atoms with Gasteiger partial charge < -0.3 is 15.2 Å². The van der Waals surface area contributed by atoms with Gasteiger partial charge in [0.1, 0.15) is 23.3 Å². The smallest absolute Gasteiger partial charge is 0.133 e. The Kier molecular flexibility index (Phi) is 4.64. The molecular formula is C19H22FNO2. The quantitative estimate of drug-likeness (QED) is 0.891. The van der Waals surface area contributed by atoms with Crippen molar-refractivity contribution < 1.29 is 14.2 Å². The number of hydrogen-bond acceptors (Lipinski definition) is 3. The first-order valence-corrected chi connectivity index (χ1v) is 7.97. The molecule has 0 saturated carbocycles. The van der Waals surface area contributed by atoms with E-state index in [1.54, 1.807) is 6.07 Å². The fourth-order valence-corrected chi connectivity index (χ4v) is 2.93. The highest BCUT2D eigenvalue weighted by Crippen LogP contribution is 2.35. The second-order valence-electron chi connectivity index (χ2n) is 6.30. The van der Waals surface area contributed by atoms with Crippen molar-refractivity contribution in [3.05, 3.63) is 65.5 Å². The summed E-state index contributed by atoms with van der Waals surface area (Å²) in [5.74, 6) is 0.420. The number of aliphatic hydroxyl groups is 1. The van der Waals surface area contributed by atoms with Crippen LogP contribution in [0.25, 0.3) is 0 Å². The molecule has 1 aliphatic rings. The molecular weight excluding hydrogens is 293 g/mol. The highest BCUT2D eigenvalue weighted by atomic mass is 19.1. The molecule has 0 radical (unpaired) electrons. The van der Waals surface area contributed by atoms with Crippen molar-refractivity contribution in [3.63, 3.8) is 0 Å². The number of aryl methyl sites for hydroxylation is 1. The van der Waals surface area contributed by atoms with E-state index in [1.807, 2.05) is 37.3 Å². The fourth-order valence-electron chi connectivity index (χ4n) is 2.93. The lowest BCUT2D eigenvalue weighted by molar-refractivity contribution is -0.0532. The number of ether oxygens (including phenoxy) is 1. The molecule has 1 heterocycles. The van der Waals surface area contributed by atoms with Gasteiger partial charge in [0, 0.05) is 13.1 Å². The van der Waals surface area contributed by atoms with Gasteiger partial charge in [-0.15, -0.1) is 0 Å². The van der Waals surface area contributed by atoms with Crippen LogP contribution in [0.4, 0.5) is 4.39 Å². The Morgan fingerprint density at radius 2 is 2.04 bits per heavy atom. The summed E-state index contributed by atoms with van der Waals surface area (Å²) < 4.78 is 19.2. The molecule has 122 valence electrons. The largest absolute Gasteiger partial charge is 0.485 e. The van der Waals surface area contributed by atoms with Crippen molar-refractivity contribution in [1.29, 1.82) is 0 Å². The number of benzene rings is 2. The molecule has 2 aromatic carbocycles. The molecule has 0 aromatic heterocycles. The lowest BCUT2D eigenvalue weighted by Crippen LogP contribution is -2.51. The third kappa shape index (κ3) is 3.71. The third-order valence-corrected chi connectivity index (χ3v) is 4.47. The summed E-state index contributed by atoms with van der Waals surface area (Å²) in [5, 5.41) is 13.8. The molecule has 0 saturated heterocycles. The van der Waals surface area contributed by atoms with Gasteiger partial charge >= 0.3 is 0 Å². The molecule has 23 heavy (non-hydrogen) atoms. The van der Waals surface area contributed by atoms with Crippen LogP contribution in [0.15, 0.2) is 48.5 Å². The second kappa shape index (κ2) is 6.69. The standard InChI is InChI=1S/C19H22FNO2/c1-19(10-9-15-11-16(20)7-8-17(15)23-19)18(22)13-21-12-14-5-3-2-4-6-14/h2-8,11,18,21-22H,9-10,12-13H2,1H3/t18-,19-/m1/s1. The molecule has 2 aromatic rings. The summed E-state index contributed by atoms with van der Waals surface area (Å²) in [6, 6.07) is 14.6. The van der Waals surface area contributed by atoms with E-state index >= 15 is 0 Å². The summed E-state index contributed by atoms with van der Waals surface area (Å²) in [4.78, 5) is 0. The van der Waals surface area contributed by atoms with Crippen LogP contribution >= 0.6 is 0 Å². The summed E-state index contributed by atoms with van der Waals surface area (Å²) in [7, 11) is 0. The van der Waals surface area contributed by atoms with E-state index in [4.69, 9.17) is 4.74 Å². The van der Waals surface area contributed by atoms with Crippen LogP contribution < -0.4 is 10.1 Å². The molecule has 0 bridgehead atoms.